The molecule has 2 unspecified atom stereocenters. The lowest BCUT2D eigenvalue weighted by Crippen LogP contribution is -2.13. The van der Waals surface area contributed by atoms with Crippen molar-refractivity contribution in [3.8, 4) is 5.75 Å². The largest absolute Gasteiger partial charge is 0.493 e. The molecule has 0 saturated carbocycles. The van der Waals surface area contributed by atoms with E-state index >= 15 is 0 Å². The molecule has 1 fully saturated rings. The van der Waals surface area contributed by atoms with Crippen molar-refractivity contribution in [1.29, 1.82) is 0 Å². The average molecular weight is 270 g/mol. The third kappa shape index (κ3) is 3.37. The molecule has 100 valence electrons. The van der Waals surface area contributed by atoms with E-state index in [0.717, 1.165) is 36.0 Å². The van der Waals surface area contributed by atoms with Crippen LogP contribution in [0.1, 0.15) is 24.9 Å². The van der Waals surface area contributed by atoms with Crippen molar-refractivity contribution < 1.29 is 9.47 Å². The summed E-state index contributed by atoms with van der Waals surface area (Å²) in [5.74, 6) is 1.35. The van der Waals surface area contributed by atoms with E-state index in [0.29, 0.717) is 12.5 Å². The van der Waals surface area contributed by atoms with E-state index in [1.165, 1.54) is 0 Å². The van der Waals surface area contributed by atoms with Gasteiger partial charge in [-0.15, -0.1) is 0 Å². The lowest BCUT2D eigenvalue weighted by atomic mass is 10.1. The molecule has 0 radical (unpaired) electrons. The third-order valence-electron chi connectivity index (χ3n) is 3.38. The van der Waals surface area contributed by atoms with Gasteiger partial charge in [-0.05, 0) is 38.1 Å². The van der Waals surface area contributed by atoms with Crippen LogP contribution in [0.25, 0.3) is 0 Å². The molecular weight excluding hydrogens is 250 g/mol. The summed E-state index contributed by atoms with van der Waals surface area (Å²) < 4.78 is 11.1. The lowest BCUT2D eigenvalue weighted by molar-refractivity contribution is 0.167. The number of rotatable bonds is 5. The van der Waals surface area contributed by atoms with Crippen LogP contribution in [0.3, 0.4) is 0 Å². The summed E-state index contributed by atoms with van der Waals surface area (Å²) in [6.45, 7) is 4.45. The van der Waals surface area contributed by atoms with Gasteiger partial charge < -0.3 is 14.8 Å². The molecule has 2 atom stereocenters. The van der Waals surface area contributed by atoms with E-state index in [9.17, 15) is 0 Å². The van der Waals surface area contributed by atoms with Crippen LogP contribution in [-0.2, 0) is 4.74 Å². The zero-order chi connectivity index (χ0) is 13.0. The Balaban J connectivity index is 1.95. The van der Waals surface area contributed by atoms with E-state index < -0.39 is 0 Å². The van der Waals surface area contributed by atoms with Crippen molar-refractivity contribution in [2.24, 2.45) is 5.92 Å². The Kier molecular flexibility index (Phi) is 4.87. The first-order valence-electron chi connectivity index (χ1n) is 6.38. The molecule has 1 aromatic carbocycles. The molecule has 1 aliphatic rings. The molecule has 4 heteroatoms. The monoisotopic (exact) mass is 269 g/mol. The Morgan fingerprint density at radius 2 is 2.39 bits per heavy atom. The van der Waals surface area contributed by atoms with Crippen LogP contribution >= 0.6 is 11.6 Å². The second kappa shape index (κ2) is 6.41. The molecule has 1 N–H and O–H groups in total. The van der Waals surface area contributed by atoms with Crippen LogP contribution in [0.15, 0.2) is 18.2 Å². The first-order valence-corrected chi connectivity index (χ1v) is 6.75. The minimum atomic E-state index is 0.245. The maximum Gasteiger partial charge on any atom is 0.120 e. The summed E-state index contributed by atoms with van der Waals surface area (Å²) in [5, 5.41) is 3.92. The first kappa shape index (κ1) is 13.7. The number of hydrogen-bond acceptors (Lipinski definition) is 3. The molecule has 1 aromatic rings. The van der Waals surface area contributed by atoms with Gasteiger partial charge in [-0.2, -0.15) is 0 Å². The molecule has 0 bridgehead atoms. The summed E-state index contributed by atoms with van der Waals surface area (Å²) in [4.78, 5) is 0. The second-order valence-electron chi connectivity index (χ2n) is 4.73. The zero-order valence-electron chi connectivity index (χ0n) is 10.9. The highest BCUT2D eigenvalue weighted by molar-refractivity contribution is 6.31. The molecule has 1 saturated heterocycles. The normalized spacial score (nSPS) is 20.9. The number of benzene rings is 1. The fourth-order valence-electron chi connectivity index (χ4n) is 2.03. The van der Waals surface area contributed by atoms with E-state index in [4.69, 9.17) is 21.1 Å². The van der Waals surface area contributed by atoms with Gasteiger partial charge in [-0.3, -0.25) is 0 Å². The van der Waals surface area contributed by atoms with Crippen LogP contribution in [-0.4, -0.2) is 26.9 Å². The highest BCUT2D eigenvalue weighted by Crippen LogP contribution is 2.27. The summed E-state index contributed by atoms with van der Waals surface area (Å²) in [7, 11) is 1.92. The van der Waals surface area contributed by atoms with Gasteiger partial charge in [0.2, 0.25) is 0 Å². The van der Waals surface area contributed by atoms with Gasteiger partial charge in [0.05, 0.1) is 13.2 Å². The molecule has 0 aliphatic carbocycles. The van der Waals surface area contributed by atoms with Crippen LogP contribution < -0.4 is 10.1 Å². The van der Waals surface area contributed by atoms with Crippen molar-refractivity contribution in [3.05, 3.63) is 28.8 Å². The lowest BCUT2D eigenvalue weighted by Gasteiger charge is -2.15. The molecule has 0 spiro atoms. The van der Waals surface area contributed by atoms with Crippen molar-refractivity contribution in [1.82, 2.24) is 5.32 Å². The maximum absolute atomic E-state index is 6.25. The third-order valence-corrected chi connectivity index (χ3v) is 3.71. The molecule has 0 amide bonds. The van der Waals surface area contributed by atoms with Gasteiger partial charge in [0.1, 0.15) is 5.75 Å². The van der Waals surface area contributed by atoms with Crippen LogP contribution in [0.5, 0.6) is 5.75 Å². The van der Waals surface area contributed by atoms with Crippen molar-refractivity contribution in [2.45, 2.75) is 19.4 Å². The fourth-order valence-corrected chi connectivity index (χ4v) is 2.37. The highest BCUT2D eigenvalue weighted by atomic mass is 35.5. The molecule has 18 heavy (non-hydrogen) atoms. The smallest absolute Gasteiger partial charge is 0.120 e. The Bertz CT molecular complexity index is 391. The molecular formula is C14H20ClNO2. The Labute approximate surface area is 113 Å². The Morgan fingerprint density at radius 1 is 1.56 bits per heavy atom. The molecule has 2 rings (SSSR count). The molecule has 3 nitrogen and oxygen atoms in total. The number of nitrogens with one attached hydrogen (secondary N) is 1. The number of ether oxygens (including phenoxy) is 2. The van der Waals surface area contributed by atoms with Crippen LogP contribution in [0, 0.1) is 5.92 Å². The minimum Gasteiger partial charge on any atom is -0.493 e. The van der Waals surface area contributed by atoms with E-state index in [2.05, 4.69) is 12.2 Å². The topological polar surface area (TPSA) is 30.5 Å². The Morgan fingerprint density at radius 3 is 3.00 bits per heavy atom. The predicted molar refractivity (Wildman–Crippen MR) is 73.3 cm³/mol. The van der Waals surface area contributed by atoms with Gasteiger partial charge in [0, 0.05) is 23.6 Å². The van der Waals surface area contributed by atoms with E-state index in [-0.39, 0.29) is 6.04 Å². The average Bonchev–Trinajstić information content (AvgIpc) is 2.88. The molecule has 0 aromatic heterocycles. The van der Waals surface area contributed by atoms with Crippen molar-refractivity contribution in [3.63, 3.8) is 0 Å². The standard InChI is InChI=1S/C14H20ClNO2/c1-10(16-2)13-4-3-12(7-14(13)15)18-9-11-5-6-17-8-11/h3-4,7,10-11,16H,5-6,8-9H2,1-2H3. The first-order chi connectivity index (χ1) is 8.70. The summed E-state index contributed by atoms with van der Waals surface area (Å²) in [6, 6.07) is 6.13. The fraction of sp³-hybridized carbons (Fsp3) is 0.571. The van der Waals surface area contributed by atoms with Gasteiger partial charge in [-0.25, -0.2) is 0 Å². The minimum absolute atomic E-state index is 0.245. The van der Waals surface area contributed by atoms with Crippen molar-refractivity contribution in [2.75, 3.05) is 26.9 Å². The number of halogens is 1. The second-order valence-corrected chi connectivity index (χ2v) is 5.14. The number of hydrogen-bond donors (Lipinski definition) is 1. The molecule has 1 aliphatic heterocycles. The summed E-state index contributed by atoms with van der Waals surface area (Å²) >= 11 is 6.25. The summed E-state index contributed by atoms with van der Waals surface area (Å²) in [6.07, 6.45) is 1.09. The predicted octanol–water partition coefficient (Wildman–Crippen LogP) is 3.04. The van der Waals surface area contributed by atoms with Gasteiger partial charge in [0.15, 0.2) is 0 Å². The van der Waals surface area contributed by atoms with E-state index in [1.54, 1.807) is 0 Å². The van der Waals surface area contributed by atoms with Crippen LogP contribution in [0.2, 0.25) is 5.02 Å². The molecule has 1 heterocycles. The van der Waals surface area contributed by atoms with Crippen molar-refractivity contribution >= 4 is 11.6 Å². The maximum atomic E-state index is 6.25. The Hall–Kier alpha value is -0.770. The van der Waals surface area contributed by atoms with Crippen LogP contribution in [0.4, 0.5) is 0 Å². The summed E-state index contributed by atoms with van der Waals surface area (Å²) in [5.41, 5.74) is 1.09. The van der Waals surface area contributed by atoms with Gasteiger partial charge in [0.25, 0.3) is 0 Å². The highest BCUT2D eigenvalue weighted by Gasteiger charge is 2.16. The zero-order valence-corrected chi connectivity index (χ0v) is 11.7. The van der Waals surface area contributed by atoms with Gasteiger partial charge >= 0.3 is 0 Å². The quantitative estimate of drug-likeness (QED) is 0.891. The van der Waals surface area contributed by atoms with E-state index in [1.807, 2.05) is 25.2 Å². The SMILES string of the molecule is CNC(C)c1ccc(OCC2CCOC2)cc1Cl. The van der Waals surface area contributed by atoms with Gasteiger partial charge in [-0.1, -0.05) is 17.7 Å².